The van der Waals surface area contributed by atoms with E-state index in [9.17, 15) is 9.59 Å². The number of hydrogen-bond acceptors (Lipinski definition) is 5. The SMILES string of the molecule is Cc1cnc2c(c1NCc1ccncc1)c(=O)n(C)c(=O)n2C. The first-order valence-corrected chi connectivity index (χ1v) is 7.19. The van der Waals surface area contributed by atoms with E-state index < -0.39 is 0 Å². The third kappa shape index (κ3) is 2.50. The molecule has 0 aliphatic heterocycles. The van der Waals surface area contributed by atoms with Crippen LogP contribution < -0.4 is 16.6 Å². The number of aryl methyl sites for hydroxylation is 2. The predicted molar refractivity (Wildman–Crippen MR) is 88.5 cm³/mol. The van der Waals surface area contributed by atoms with Crippen LogP contribution in [0.1, 0.15) is 11.1 Å². The summed E-state index contributed by atoms with van der Waals surface area (Å²) in [5.74, 6) is 0. The Morgan fingerprint density at radius 3 is 2.52 bits per heavy atom. The molecule has 3 aromatic rings. The van der Waals surface area contributed by atoms with Crippen molar-refractivity contribution in [3.05, 3.63) is 62.7 Å². The smallest absolute Gasteiger partial charge is 0.332 e. The number of pyridine rings is 2. The van der Waals surface area contributed by atoms with Crippen LogP contribution >= 0.6 is 0 Å². The van der Waals surface area contributed by atoms with Gasteiger partial charge in [-0.2, -0.15) is 0 Å². The highest BCUT2D eigenvalue weighted by molar-refractivity contribution is 5.89. The second kappa shape index (κ2) is 5.68. The molecule has 0 amide bonds. The molecule has 1 N–H and O–H groups in total. The fraction of sp³-hybridized carbons (Fsp3) is 0.250. The lowest BCUT2D eigenvalue weighted by atomic mass is 10.1. The topological polar surface area (TPSA) is 81.8 Å². The van der Waals surface area contributed by atoms with Crippen LogP contribution in [0.5, 0.6) is 0 Å². The lowest BCUT2D eigenvalue weighted by Crippen LogP contribution is -2.37. The highest BCUT2D eigenvalue weighted by Crippen LogP contribution is 2.22. The van der Waals surface area contributed by atoms with Crippen LogP contribution in [0.15, 0.2) is 40.3 Å². The Hall–Kier alpha value is -2.96. The zero-order valence-electron chi connectivity index (χ0n) is 13.2. The van der Waals surface area contributed by atoms with Gasteiger partial charge in [0, 0.05) is 39.2 Å². The molecule has 0 bridgehead atoms. The second-order valence-electron chi connectivity index (χ2n) is 5.43. The molecule has 3 aromatic heterocycles. The summed E-state index contributed by atoms with van der Waals surface area (Å²) in [4.78, 5) is 32.8. The van der Waals surface area contributed by atoms with E-state index in [1.54, 1.807) is 25.6 Å². The minimum Gasteiger partial charge on any atom is -0.380 e. The summed E-state index contributed by atoms with van der Waals surface area (Å²) >= 11 is 0. The van der Waals surface area contributed by atoms with Gasteiger partial charge >= 0.3 is 5.69 Å². The van der Waals surface area contributed by atoms with E-state index in [-0.39, 0.29) is 11.2 Å². The van der Waals surface area contributed by atoms with Gasteiger partial charge in [-0.15, -0.1) is 0 Å². The van der Waals surface area contributed by atoms with Crippen molar-refractivity contribution < 1.29 is 0 Å². The van der Waals surface area contributed by atoms with E-state index in [1.807, 2.05) is 19.1 Å². The number of nitrogens with zero attached hydrogens (tertiary/aromatic N) is 4. The van der Waals surface area contributed by atoms with Gasteiger partial charge in [-0.3, -0.25) is 18.9 Å². The van der Waals surface area contributed by atoms with E-state index in [4.69, 9.17) is 0 Å². The monoisotopic (exact) mass is 311 g/mol. The van der Waals surface area contributed by atoms with E-state index in [0.717, 1.165) is 15.7 Å². The molecule has 0 aromatic carbocycles. The molecule has 0 fully saturated rings. The van der Waals surface area contributed by atoms with Gasteiger partial charge in [-0.1, -0.05) is 0 Å². The number of aromatic nitrogens is 4. The Balaban J connectivity index is 2.18. The minimum absolute atomic E-state index is 0.350. The van der Waals surface area contributed by atoms with Gasteiger partial charge in [0.2, 0.25) is 0 Å². The Labute approximate surface area is 132 Å². The molecular formula is C16H17N5O2. The largest absolute Gasteiger partial charge is 0.380 e. The van der Waals surface area contributed by atoms with Crippen LogP contribution in [0.4, 0.5) is 5.69 Å². The molecular weight excluding hydrogens is 294 g/mol. The molecule has 3 heterocycles. The van der Waals surface area contributed by atoms with E-state index in [0.29, 0.717) is 23.3 Å². The Morgan fingerprint density at radius 2 is 1.83 bits per heavy atom. The Morgan fingerprint density at radius 1 is 1.13 bits per heavy atom. The summed E-state index contributed by atoms with van der Waals surface area (Å²) in [6.45, 7) is 2.43. The second-order valence-corrected chi connectivity index (χ2v) is 5.43. The van der Waals surface area contributed by atoms with E-state index >= 15 is 0 Å². The molecule has 3 rings (SSSR count). The molecule has 0 aliphatic carbocycles. The molecule has 118 valence electrons. The van der Waals surface area contributed by atoms with Crippen LogP contribution in [0.25, 0.3) is 11.0 Å². The van der Waals surface area contributed by atoms with Crippen molar-refractivity contribution in [2.24, 2.45) is 14.1 Å². The third-order valence-electron chi connectivity index (χ3n) is 3.88. The number of nitrogens with one attached hydrogen (secondary N) is 1. The average Bonchev–Trinajstić information content (AvgIpc) is 2.57. The lowest BCUT2D eigenvalue weighted by molar-refractivity contribution is 0.707. The fourth-order valence-corrected chi connectivity index (χ4v) is 2.54. The molecule has 23 heavy (non-hydrogen) atoms. The fourth-order valence-electron chi connectivity index (χ4n) is 2.54. The number of fused-ring (bicyclic) bond motifs is 1. The van der Waals surface area contributed by atoms with Crippen molar-refractivity contribution in [2.75, 3.05) is 5.32 Å². The standard InChI is InChI=1S/C16H17N5O2/c1-10-8-19-14-12(15(22)21(3)16(23)20(14)2)13(10)18-9-11-4-6-17-7-5-11/h4-8H,9H2,1-3H3,(H,18,19). The van der Waals surface area contributed by atoms with Gasteiger partial charge in [0.25, 0.3) is 5.56 Å². The molecule has 0 saturated carbocycles. The summed E-state index contributed by atoms with van der Waals surface area (Å²) in [5.41, 5.74) is 2.23. The molecule has 0 radical (unpaired) electrons. The molecule has 7 heteroatoms. The third-order valence-corrected chi connectivity index (χ3v) is 3.88. The summed E-state index contributed by atoms with van der Waals surface area (Å²) in [6.07, 6.45) is 5.10. The maximum absolute atomic E-state index is 12.5. The van der Waals surface area contributed by atoms with E-state index in [2.05, 4.69) is 15.3 Å². The first-order chi connectivity index (χ1) is 11.0. The van der Waals surface area contributed by atoms with Crippen LogP contribution in [0.2, 0.25) is 0 Å². The Bertz CT molecular complexity index is 989. The normalized spacial score (nSPS) is 10.9. The maximum atomic E-state index is 12.5. The molecule has 0 atom stereocenters. The summed E-state index contributed by atoms with van der Waals surface area (Å²) in [5, 5.41) is 3.71. The van der Waals surface area contributed by atoms with Gasteiger partial charge in [-0.25, -0.2) is 9.78 Å². The highest BCUT2D eigenvalue weighted by atomic mass is 16.2. The van der Waals surface area contributed by atoms with Crippen molar-refractivity contribution in [2.45, 2.75) is 13.5 Å². The first-order valence-electron chi connectivity index (χ1n) is 7.19. The van der Waals surface area contributed by atoms with Crippen LogP contribution in [-0.2, 0) is 20.6 Å². The molecule has 0 saturated heterocycles. The van der Waals surface area contributed by atoms with Crippen molar-refractivity contribution in [1.29, 1.82) is 0 Å². The number of anilines is 1. The van der Waals surface area contributed by atoms with Crippen molar-refractivity contribution in [3.63, 3.8) is 0 Å². The first kappa shape index (κ1) is 15.0. The van der Waals surface area contributed by atoms with Crippen LogP contribution in [0, 0.1) is 6.92 Å². The average molecular weight is 311 g/mol. The zero-order valence-corrected chi connectivity index (χ0v) is 13.2. The van der Waals surface area contributed by atoms with Gasteiger partial charge < -0.3 is 5.32 Å². The Kier molecular flexibility index (Phi) is 3.69. The summed E-state index contributed by atoms with van der Waals surface area (Å²) in [6, 6.07) is 3.80. The summed E-state index contributed by atoms with van der Waals surface area (Å²) < 4.78 is 2.48. The van der Waals surface area contributed by atoms with Crippen molar-refractivity contribution >= 4 is 16.7 Å². The van der Waals surface area contributed by atoms with Crippen molar-refractivity contribution in [3.8, 4) is 0 Å². The zero-order chi connectivity index (χ0) is 16.6. The quantitative estimate of drug-likeness (QED) is 0.779. The van der Waals surface area contributed by atoms with Crippen LogP contribution in [0.3, 0.4) is 0 Å². The lowest BCUT2D eigenvalue weighted by Gasteiger charge is -2.14. The highest BCUT2D eigenvalue weighted by Gasteiger charge is 2.15. The predicted octanol–water partition coefficient (Wildman–Crippen LogP) is 0.948. The summed E-state index contributed by atoms with van der Waals surface area (Å²) in [7, 11) is 3.08. The van der Waals surface area contributed by atoms with Crippen molar-refractivity contribution in [1.82, 2.24) is 19.1 Å². The van der Waals surface area contributed by atoms with Gasteiger partial charge in [0.05, 0.1) is 5.69 Å². The maximum Gasteiger partial charge on any atom is 0.332 e. The van der Waals surface area contributed by atoms with Gasteiger partial charge in [-0.05, 0) is 30.2 Å². The number of hydrogen-bond donors (Lipinski definition) is 1. The molecule has 7 nitrogen and oxygen atoms in total. The number of rotatable bonds is 3. The van der Waals surface area contributed by atoms with Crippen LogP contribution in [-0.4, -0.2) is 19.1 Å². The molecule has 0 spiro atoms. The minimum atomic E-state index is -0.390. The van der Waals surface area contributed by atoms with Gasteiger partial charge in [0.15, 0.2) is 5.65 Å². The van der Waals surface area contributed by atoms with E-state index in [1.165, 1.54) is 11.6 Å². The molecule has 0 aliphatic rings. The van der Waals surface area contributed by atoms with Gasteiger partial charge in [0.1, 0.15) is 5.39 Å². The molecule has 0 unspecified atom stereocenters.